The molecule has 5 aromatic rings. The smallest absolute Gasteiger partial charge is 0.263 e. The molecule has 0 saturated carbocycles. The Morgan fingerprint density at radius 2 is 2.00 bits per heavy atom. The van der Waals surface area contributed by atoms with Crippen molar-refractivity contribution in [1.29, 1.82) is 5.26 Å². The van der Waals surface area contributed by atoms with Crippen molar-refractivity contribution in [2.45, 2.75) is 6.42 Å². The number of hydrogen-bond acceptors (Lipinski definition) is 5. The summed E-state index contributed by atoms with van der Waals surface area (Å²) >= 11 is 0. The predicted molar refractivity (Wildman–Crippen MR) is 120 cm³/mol. The lowest BCUT2D eigenvalue weighted by molar-refractivity contribution is 0.618. The molecule has 0 unspecified atom stereocenters. The van der Waals surface area contributed by atoms with E-state index in [1.807, 2.05) is 36.4 Å². The van der Waals surface area contributed by atoms with Gasteiger partial charge in [0.15, 0.2) is 0 Å². The van der Waals surface area contributed by atoms with Crippen LogP contribution in [0.3, 0.4) is 0 Å². The van der Waals surface area contributed by atoms with Gasteiger partial charge in [0.2, 0.25) is 0 Å². The Hall–Kier alpha value is -4.51. The maximum absolute atomic E-state index is 13.8. The Bertz CT molecular complexity index is 1550. The van der Waals surface area contributed by atoms with Crippen LogP contribution in [-0.4, -0.2) is 25.9 Å². The summed E-state index contributed by atoms with van der Waals surface area (Å²) < 4.78 is 15.1. The lowest BCUT2D eigenvalue weighted by atomic mass is 9.98. The molecule has 0 radical (unpaired) electrons. The van der Waals surface area contributed by atoms with Crippen LogP contribution in [0.2, 0.25) is 0 Å². The van der Waals surface area contributed by atoms with Crippen molar-refractivity contribution in [2.24, 2.45) is 0 Å². The van der Waals surface area contributed by atoms with E-state index in [1.54, 1.807) is 12.3 Å². The van der Waals surface area contributed by atoms with E-state index in [-0.39, 0.29) is 5.56 Å². The standard InChI is InChI=1S/C24H17FN6O/c25-18-6-7-19-10-16(20(24(32)31(19)13-18)15-4-2-1-3-5-15)8-9-27-22-21-17(11-26)12-28-23(21)30-14-29-22/h1-7,10,12-14H,8-9H2,(H2,27,28,29,30). The van der Waals surface area contributed by atoms with Crippen molar-refractivity contribution in [3.8, 4) is 17.2 Å². The van der Waals surface area contributed by atoms with Gasteiger partial charge in [-0.2, -0.15) is 5.26 Å². The third kappa shape index (κ3) is 3.36. The minimum Gasteiger partial charge on any atom is -0.369 e. The number of rotatable bonds is 5. The molecule has 32 heavy (non-hydrogen) atoms. The SMILES string of the molecule is N#Cc1c[nH]c2ncnc(NCCc3cc4ccc(F)cn4c(=O)c3-c3ccccc3)c12. The molecule has 0 amide bonds. The fourth-order valence-corrected chi connectivity index (χ4v) is 3.90. The largest absolute Gasteiger partial charge is 0.369 e. The van der Waals surface area contributed by atoms with Crippen molar-refractivity contribution in [3.63, 3.8) is 0 Å². The lowest BCUT2D eigenvalue weighted by Gasteiger charge is -2.13. The molecule has 0 spiro atoms. The normalized spacial score (nSPS) is 11.0. The molecule has 156 valence electrons. The number of nitriles is 1. The second-order valence-electron chi connectivity index (χ2n) is 7.29. The topological polar surface area (TPSA) is 98.9 Å². The van der Waals surface area contributed by atoms with Crippen LogP contribution in [0.1, 0.15) is 11.1 Å². The number of fused-ring (bicyclic) bond motifs is 2. The van der Waals surface area contributed by atoms with Gasteiger partial charge < -0.3 is 10.3 Å². The van der Waals surface area contributed by atoms with Gasteiger partial charge in [-0.3, -0.25) is 9.20 Å². The van der Waals surface area contributed by atoms with E-state index in [2.05, 4.69) is 26.3 Å². The summed E-state index contributed by atoms with van der Waals surface area (Å²) in [5.74, 6) is 0.0780. The summed E-state index contributed by atoms with van der Waals surface area (Å²) in [6.45, 7) is 0.471. The van der Waals surface area contributed by atoms with Crippen LogP contribution in [0, 0.1) is 17.1 Å². The van der Waals surface area contributed by atoms with Crippen molar-refractivity contribution >= 4 is 22.4 Å². The Morgan fingerprint density at radius 3 is 2.81 bits per heavy atom. The Balaban J connectivity index is 1.53. The van der Waals surface area contributed by atoms with Crippen LogP contribution in [-0.2, 0) is 6.42 Å². The fourth-order valence-electron chi connectivity index (χ4n) is 3.90. The zero-order chi connectivity index (χ0) is 22.1. The van der Waals surface area contributed by atoms with E-state index in [1.165, 1.54) is 23.0 Å². The number of H-pyrrole nitrogens is 1. The van der Waals surface area contributed by atoms with Crippen molar-refractivity contribution in [1.82, 2.24) is 19.4 Å². The molecule has 4 heterocycles. The van der Waals surface area contributed by atoms with E-state index in [0.29, 0.717) is 46.5 Å². The minimum atomic E-state index is -0.472. The van der Waals surface area contributed by atoms with E-state index in [0.717, 1.165) is 11.1 Å². The third-order valence-corrected chi connectivity index (χ3v) is 5.36. The predicted octanol–water partition coefficient (Wildman–Crippen LogP) is 3.90. The van der Waals surface area contributed by atoms with Gasteiger partial charge in [0.1, 0.15) is 29.7 Å². The molecule has 4 aromatic heterocycles. The average molecular weight is 424 g/mol. The quantitative estimate of drug-likeness (QED) is 0.446. The van der Waals surface area contributed by atoms with Gasteiger partial charge in [0.25, 0.3) is 5.56 Å². The van der Waals surface area contributed by atoms with Crippen molar-refractivity contribution < 1.29 is 4.39 Å². The van der Waals surface area contributed by atoms with Crippen LogP contribution in [0.5, 0.6) is 0 Å². The summed E-state index contributed by atoms with van der Waals surface area (Å²) in [7, 11) is 0. The molecule has 2 N–H and O–H groups in total. The van der Waals surface area contributed by atoms with Crippen LogP contribution in [0.15, 0.2) is 72.0 Å². The number of benzene rings is 1. The second kappa shape index (κ2) is 7.96. The molecule has 5 rings (SSSR count). The molecule has 0 aliphatic carbocycles. The fraction of sp³-hybridized carbons (Fsp3) is 0.0833. The minimum absolute atomic E-state index is 0.273. The van der Waals surface area contributed by atoms with Gasteiger partial charge >= 0.3 is 0 Å². The molecule has 0 fully saturated rings. The van der Waals surface area contributed by atoms with Crippen molar-refractivity contribution in [2.75, 3.05) is 11.9 Å². The summed E-state index contributed by atoms with van der Waals surface area (Å²) in [4.78, 5) is 24.7. The highest BCUT2D eigenvalue weighted by atomic mass is 19.1. The first-order chi connectivity index (χ1) is 15.7. The molecule has 7 nitrogen and oxygen atoms in total. The zero-order valence-corrected chi connectivity index (χ0v) is 16.8. The van der Waals surface area contributed by atoms with Crippen LogP contribution in [0.4, 0.5) is 10.2 Å². The summed E-state index contributed by atoms with van der Waals surface area (Å²) in [6, 6.07) is 16.3. The van der Waals surface area contributed by atoms with Crippen LogP contribution >= 0.6 is 0 Å². The first kappa shape index (κ1) is 19.5. The molecule has 0 atom stereocenters. The number of nitrogens with one attached hydrogen (secondary N) is 2. The molecule has 0 aliphatic heterocycles. The number of nitrogens with zero attached hydrogens (tertiary/aromatic N) is 4. The first-order valence-electron chi connectivity index (χ1n) is 10.0. The van der Waals surface area contributed by atoms with E-state index < -0.39 is 5.82 Å². The highest BCUT2D eigenvalue weighted by Crippen LogP contribution is 2.24. The maximum Gasteiger partial charge on any atom is 0.263 e. The lowest BCUT2D eigenvalue weighted by Crippen LogP contribution is -2.19. The summed E-state index contributed by atoms with van der Waals surface area (Å²) in [5, 5.41) is 13.2. The van der Waals surface area contributed by atoms with Gasteiger partial charge in [-0.25, -0.2) is 14.4 Å². The maximum atomic E-state index is 13.8. The number of aromatic amines is 1. The molecular weight excluding hydrogens is 407 g/mol. The van der Waals surface area contributed by atoms with Crippen LogP contribution < -0.4 is 10.9 Å². The van der Waals surface area contributed by atoms with Crippen LogP contribution in [0.25, 0.3) is 27.7 Å². The number of hydrogen-bond donors (Lipinski definition) is 2. The molecule has 0 bridgehead atoms. The number of pyridine rings is 2. The molecule has 8 heteroatoms. The Kier molecular flexibility index (Phi) is 4.84. The van der Waals surface area contributed by atoms with Crippen molar-refractivity contribution in [3.05, 3.63) is 94.5 Å². The Morgan fingerprint density at radius 1 is 1.16 bits per heavy atom. The highest BCUT2D eigenvalue weighted by Gasteiger charge is 2.15. The Labute approximate surface area is 181 Å². The van der Waals surface area contributed by atoms with Gasteiger partial charge in [0, 0.05) is 24.5 Å². The second-order valence-corrected chi connectivity index (χ2v) is 7.29. The highest BCUT2D eigenvalue weighted by molar-refractivity contribution is 5.92. The number of halogens is 1. The monoisotopic (exact) mass is 424 g/mol. The van der Waals surface area contributed by atoms with E-state index >= 15 is 0 Å². The average Bonchev–Trinajstić information content (AvgIpc) is 3.24. The first-order valence-corrected chi connectivity index (χ1v) is 10.0. The van der Waals surface area contributed by atoms with E-state index in [4.69, 9.17) is 0 Å². The number of aromatic nitrogens is 4. The molecular formula is C24H17FN6O. The molecule has 0 aliphatic rings. The molecule has 0 saturated heterocycles. The zero-order valence-electron chi connectivity index (χ0n) is 16.8. The summed E-state index contributed by atoms with van der Waals surface area (Å²) in [5.41, 5.74) is 3.52. The van der Waals surface area contributed by atoms with Gasteiger partial charge in [0.05, 0.1) is 16.5 Å². The van der Waals surface area contributed by atoms with Gasteiger partial charge in [-0.05, 0) is 35.7 Å². The summed E-state index contributed by atoms with van der Waals surface area (Å²) in [6.07, 6.45) is 4.75. The van der Waals surface area contributed by atoms with Gasteiger partial charge in [-0.1, -0.05) is 30.3 Å². The molecule has 1 aromatic carbocycles. The van der Waals surface area contributed by atoms with Gasteiger partial charge in [-0.15, -0.1) is 0 Å². The third-order valence-electron chi connectivity index (χ3n) is 5.36. The number of anilines is 1. The van der Waals surface area contributed by atoms with E-state index in [9.17, 15) is 14.4 Å².